The highest BCUT2D eigenvalue weighted by Crippen LogP contribution is 2.31. The van der Waals surface area contributed by atoms with Crippen LogP contribution < -0.4 is 5.32 Å². The lowest BCUT2D eigenvalue weighted by atomic mass is 10.0. The minimum absolute atomic E-state index is 0.354. The van der Waals surface area contributed by atoms with Gasteiger partial charge in [-0.05, 0) is 44.8 Å². The van der Waals surface area contributed by atoms with Crippen LogP contribution in [0.15, 0.2) is 28.9 Å². The number of nitrogens with one attached hydrogen (secondary N) is 1. The van der Waals surface area contributed by atoms with Crippen molar-refractivity contribution >= 4 is 22.6 Å². The summed E-state index contributed by atoms with van der Waals surface area (Å²) in [5.74, 6) is 0. The molecule has 4 heteroatoms. The molecule has 0 bridgehead atoms. The molecule has 1 aliphatic rings. The summed E-state index contributed by atoms with van der Waals surface area (Å²) >= 11 is 6.08. The molecule has 1 aromatic heterocycles. The van der Waals surface area contributed by atoms with Gasteiger partial charge in [0.25, 0.3) is 0 Å². The predicted octanol–water partition coefficient (Wildman–Crippen LogP) is 3.05. The second kappa shape index (κ2) is 4.92. The fourth-order valence-corrected chi connectivity index (χ4v) is 2.80. The Balaban J connectivity index is 2.04. The standard InChI is InChI=1S/C14H17ClN2O/c1-17-6-2-5-16-8-13(17)12-9-18-14-4-3-10(15)7-11(12)14/h3-4,7,9,13,16H,2,5-6,8H2,1H3. The van der Waals surface area contributed by atoms with E-state index in [0.717, 1.165) is 35.6 Å². The van der Waals surface area contributed by atoms with Crippen LogP contribution in [0.5, 0.6) is 0 Å². The van der Waals surface area contributed by atoms with Crippen molar-refractivity contribution in [3.63, 3.8) is 0 Å². The zero-order valence-corrected chi connectivity index (χ0v) is 11.2. The maximum absolute atomic E-state index is 6.08. The van der Waals surface area contributed by atoms with Gasteiger partial charge in [-0.15, -0.1) is 0 Å². The van der Waals surface area contributed by atoms with Gasteiger partial charge in [-0.1, -0.05) is 11.6 Å². The van der Waals surface area contributed by atoms with E-state index >= 15 is 0 Å². The number of furan rings is 1. The van der Waals surface area contributed by atoms with Crippen molar-refractivity contribution in [3.8, 4) is 0 Å². The average molecular weight is 265 g/mol. The van der Waals surface area contributed by atoms with Gasteiger partial charge in [0.15, 0.2) is 0 Å². The summed E-state index contributed by atoms with van der Waals surface area (Å²) in [6.45, 7) is 3.14. The van der Waals surface area contributed by atoms with E-state index in [9.17, 15) is 0 Å². The van der Waals surface area contributed by atoms with E-state index in [-0.39, 0.29) is 0 Å². The Labute approximate surface area is 112 Å². The predicted molar refractivity (Wildman–Crippen MR) is 74.1 cm³/mol. The summed E-state index contributed by atoms with van der Waals surface area (Å²) in [7, 11) is 2.17. The molecule has 0 radical (unpaired) electrons. The minimum atomic E-state index is 0.354. The van der Waals surface area contributed by atoms with Crippen LogP contribution in [0.4, 0.5) is 0 Å². The van der Waals surface area contributed by atoms with Gasteiger partial charge in [-0.2, -0.15) is 0 Å². The molecule has 0 aliphatic carbocycles. The molecule has 1 aliphatic heterocycles. The largest absolute Gasteiger partial charge is 0.464 e. The Bertz CT molecular complexity index is 552. The third-order valence-electron chi connectivity index (χ3n) is 3.66. The number of benzene rings is 1. The molecule has 2 heterocycles. The van der Waals surface area contributed by atoms with E-state index in [1.165, 1.54) is 12.0 Å². The minimum Gasteiger partial charge on any atom is -0.464 e. The fraction of sp³-hybridized carbons (Fsp3) is 0.429. The molecule has 96 valence electrons. The van der Waals surface area contributed by atoms with Crippen LogP contribution in [0.3, 0.4) is 0 Å². The van der Waals surface area contributed by atoms with Gasteiger partial charge in [-0.25, -0.2) is 0 Å². The number of fused-ring (bicyclic) bond motifs is 1. The molecule has 1 atom stereocenters. The lowest BCUT2D eigenvalue weighted by molar-refractivity contribution is 0.261. The van der Waals surface area contributed by atoms with Crippen LogP contribution in [0, 0.1) is 0 Å². The molecule has 2 aromatic rings. The highest BCUT2D eigenvalue weighted by atomic mass is 35.5. The fourth-order valence-electron chi connectivity index (χ4n) is 2.63. The van der Waals surface area contributed by atoms with Crippen molar-refractivity contribution in [2.75, 3.05) is 26.7 Å². The smallest absolute Gasteiger partial charge is 0.134 e. The van der Waals surface area contributed by atoms with E-state index in [1.807, 2.05) is 24.5 Å². The monoisotopic (exact) mass is 264 g/mol. The molecule has 3 nitrogen and oxygen atoms in total. The Morgan fingerprint density at radius 2 is 2.33 bits per heavy atom. The second-order valence-electron chi connectivity index (χ2n) is 4.89. The molecule has 1 fully saturated rings. The van der Waals surface area contributed by atoms with E-state index in [0.29, 0.717) is 6.04 Å². The second-order valence-corrected chi connectivity index (χ2v) is 5.32. The molecule has 1 N–H and O–H groups in total. The highest BCUT2D eigenvalue weighted by Gasteiger charge is 2.22. The van der Waals surface area contributed by atoms with Crippen LogP contribution in [-0.2, 0) is 0 Å². The first-order valence-corrected chi connectivity index (χ1v) is 6.71. The number of rotatable bonds is 1. The molecule has 3 rings (SSSR count). The molecule has 18 heavy (non-hydrogen) atoms. The molecular formula is C14H17ClN2O. The van der Waals surface area contributed by atoms with Crippen LogP contribution in [-0.4, -0.2) is 31.6 Å². The lowest BCUT2D eigenvalue weighted by Crippen LogP contribution is -2.29. The third-order valence-corrected chi connectivity index (χ3v) is 3.89. The van der Waals surface area contributed by atoms with Crippen molar-refractivity contribution in [2.45, 2.75) is 12.5 Å². The van der Waals surface area contributed by atoms with Gasteiger partial charge < -0.3 is 9.73 Å². The number of halogens is 1. The van der Waals surface area contributed by atoms with Crippen molar-refractivity contribution in [1.82, 2.24) is 10.2 Å². The summed E-state index contributed by atoms with van der Waals surface area (Å²) < 4.78 is 5.63. The quantitative estimate of drug-likeness (QED) is 0.858. The molecule has 1 aromatic carbocycles. The topological polar surface area (TPSA) is 28.4 Å². The van der Waals surface area contributed by atoms with Crippen LogP contribution in [0.1, 0.15) is 18.0 Å². The Morgan fingerprint density at radius 1 is 1.44 bits per heavy atom. The van der Waals surface area contributed by atoms with Gasteiger partial charge in [0, 0.05) is 22.5 Å². The first-order chi connectivity index (χ1) is 8.75. The summed E-state index contributed by atoms with van der Waals surface area (Å²) in [6.07, 6.45) is 3.05. The number of hydrogen-bond acceptors (Lipinski definition) is 3. The first-order valence-electron chi connectivity index (χ1n) is 6.33. The van der Waals surface area contributed by atoms with E-state index in [1.54, 1.807) is 0 Å². The Hall–Kier alpha value is -1.03. The normalized spacial score (nSPS) is 22.2. The molecule has 1 unspecified atom stereocenters. The molecule has 0 saturated carbocycles. The lowest BCUT2D eigenvalue weighted by Gasteiger charge is -2.24. The van der Waals surface area contributed by atoms with Gasteiger partial charge in [-0.3, -0.25) is 4.90 Å². The van der Waals surface area contributed by atoms with Gasteiger partial charge in [0.2, 0.25) is 0 Å². The first kappa shape index (κ1) is 12.0. The molecule has 0 amide bonds. The van der Waals surface area contributed by atoms with Crippen molar-refractivity contribution in [3.05, 3.63) is 35.0 Å². The zero-order chi connectivity index (χ0) is 12.5. The van der Waals surface area contributed by atoms with Crippen LogP contribution in [0.25, 0.3) is 11.0 Å². The van der Waals surface area contributed by atoms with Crippen LogP contribution >= 0.6 is 11.6 Å². The summed E-state index contributed by atoms with van der Waals surface area (Å²) in [6, 6.07) is 6.15. The Morgan fingerprint density at radius 3 is 3.22 bits per heavy atom. The van der Waals surface area contributed by atoms with Crippen molar-refractivity contribution in [1.29, 1.82) is 0 Å². The van der Waals surface area contributed by atoms with Gasteiger partial charge in [0.05, 0.1) is 12.3 Å². The molecule has 1 saturated heterocycles. The SMILES string of the molecule is CN1CCCNCC1c1coc2ccc(Cl)cc12. The van der Waals surface area contributed by atoms with Crippen LogP contribution in [0.2, 0.25) is 5.02 Å². The van der Waals surface area contributed by atoms with E-state index in [2.05, 4.69) is 17.3 Å². The molecule has 0 spiro atoms. The highest BCUT2D eigenvalue weighted by molar-refractivity contribution is 6.31. The maximum atomic E-state index is 6.08. The Kier molecular flexibility index (Phi) is 3.29. The summed E-state index contributed by atoms with van der Waals surface area (Å²) in [5, 5.41) is 5.37. The van der Waals surface area contributed by atoms with Crippen molar-refractivity contribution in [2.24, 2.45) is 0 Å². The number of nitrogens with zero attached hydrogens (tertiary/aromatic N) is 1. The van der Waals surface area contributed by atoms with Crippen molar-refractivity contribution < 1.29 is 4.42 Å². The number of likely N-dealkylation sites (N-methyl/N-ethyl adjacent to an activating group) is 1. The van der Waals surface area contributed by atoms with E-state index < -0.39 is 0 Å². The number of hydrogen-bond donors (Lipinski definition) is 1. The average Bonchev–Trinajstić information content (AvgIpc) is 2.64. The van der Waals surface area contributed by atoms with Gasteiger partial charge in [0.1, 0.15) is 5.58 Å². The zero-order valence-electron chi connectivity index (χ0n) is 10.4. The van der Waals surface area contributed by atoms with E-state index in [4.69, 9.17) is 16.0 Å². The molecular weight excluding hydrogens is 248 g/mol. The summed E-state index contributed by atoms with van der Waals surface area (Å²) in [5.41, 5.74) is 2.14. The summed E-state index contributed by atoms with van der Waals surface area (Å²) in [4.78, 5) is 2.38. The third kappa shape index (κ3) is 2.14. The van der Waals surface area contributed by atoms with Gasteiger partial charge >= 0.3 is 0 Å². The maximum Gasteiger partial charge on any atom is 0.134 e.